The Balaban J connectivity index is 2.33. The molecule has 1 saturated carbocycles. The van der Waals surface area contributed by atoms with Crippen LogP contribution in [0.2, 0.25) is 5.02 Å². The second-order valence-corrected chi connectivity index (χ2v) is 8.94. The fourth-order valence-electron chi connectivity index (χ4n) is 4.89. The minimum absolute atomic E-state index is 0.200. The number of halogens is 1. The van der Waals surface area contributed by atoms with Crippen molar-refractivity contribution < 1.29 is 0 Å². The Morgan fingerprint density at radius 1 is 1.14 bits per heavy atom. The fourth-order valence-corrected chi connectivity index (χ4v) is 5.09. The smallest absolute Gasteiger partial charge is 0.0847 e. The molecular weight excluding hydrogens is 282 g/mol. The first kappa shape index (κ1) is 16.8. The Labute approximate surface area is 134 Å². The van der Waals surface area contributed by atoms with Crippen LogP contribution in [0.3, 0.4) is 0 Å². The van der Waals surface area contributed by atoms with Crippen molar-refractivity contribution in [2.75, 3.05) is 0 Å². The Morgan fingerprint density at radius 2 is 1.67 bits per heavy atom. The van der Waals surface area contributed by atoms with Gasteiger partial charge in [0, 0.05) is 18.5 Å². The van der Waals surface area contributed by atoms with E-state index in [9.17, 15) is 0 Å². The lowest BCUT2D eigenvalue weighted by atomic mass is 9.58. The predicted molar refractivity (Wildman–Crippen MR) is 89.7 cm³/mol. The van der Waals surface area contributed by atoms with Crippen molar-refractivity contribution >= 4 is 11.6 Å². The van der Waals surface area contributed by atoms with Gasteiger partial charge in [-0.3, -0.25) is 4.68 Å². The molecule has 0 spiro atoms. The average Bonchev–Trinajstić information content (AvgIpc) is 2.51. The summed E-state index contributed by atoms with van der Waals surface area (Å²) in [7, 11) is 0. The number of aromatic nitrogens is 2. The largest absolute Gasteiger partial charge is 0.325 e. The fraction of sp³-hybridized carbons (Fsp3) is 0.824. The highest BCUT2D eigenvalue weighted by Crippen LogP contribution is 2.50. The van der Waals surface area contributed by atoms with E-state index in [1.165, 1.54) is 6.42 Å². The summed E-state index contributed by atoms with van der Waals surface area (Å²) in [5.74, 6) is 0. The van der Waals surface area contributed by atoms with E-state index >= 15 is 0 Å². The van der Waals surface area contributed by atoms with E-state index in [0.29, 0.717) is 0 Å². The predicted octanol–water partition coefficient (Wildman–Crippen LogP) is 4.34. The SMILES string of the molecule is CCn1nc(C)c(Cl)c1CC1(N)CC(C)(C)CC(C)(C)C1. The molecule has 0 bridgehead atoms. The zero-order valence-electron chi connectivity index (χ0n) is 14.4. The highest BCUT2D eigenvalue weighted by Gasteiger charge is 2.45. The van der Waals surface area contributed by atoms with E-state index < -0.39 is 0 Å². The number of rotatable bonds is 3. The lowest BCUT2D eigenvalue weighted by Crippen LogP contribution is -2.53. The molecule has 1 aromatic heterocycles. The van der Waals surface area contributed by atoms with Crippen LogP contribution in [0.1, 0.15) is 65.3 Å². The summed E-state index contributed by atoms with van der Waals surface area (Å²) in [5, 5.41) is 5.32. The van der Waals surface area contributed by atoms with E-state index in [2.05, 4.69) is 39.7 Å². The highest BCUT2D eigenvalue weighted by molar-refractivity contribution is 6.31. The number of nitrogens with zero attached hydrogens (tertiary/aromatic N) is 2. The summed E-state index contributed by atoms with van der Waals surface area (Å²) in [6.45, 7) is 14.2. The van der Waals surface area contributed by atoms with Gasteiger partial charge in [-0.25, -0.2) is 0 Å². The summed E-state index contributed by atoms with van der Waals surface area (Å²) >= 11 is 6.48. The van der Waals surface area contributed by atoms with Gasteiger partial charge in [0.25, 0.3) is 0 Å². The minimum Gasteiger partial charge on any atom is -0.325 e. The molecule has 1 fully saturated rings. The van der Waals surface area contributed by atoms with Crippen LogP contribution >= 0.6 is 11.6 Å². The van der Waals surface area contributed by atoms with E-state index in [4.69, 9.17) is 17.3 Å². The van der Waals surface area contributed by atoms with E-state index in [0.717, 1.165) is 42.2 Å². The topological polar surface area (TPSA) is 43.8 Å². The molecule has 1 aromatic rings. The third-order valence-corrected chi connectivity index (χ3v) is 5.08. The van der Waals surface area contributed by atoms with Crippen LogP contribution in [0.5, 0.6) is 0 Å². The lowest BCUT2D eigenvalue weighted by Gasteiger charge is -2.50. The van der Waals surface area contributed by atoms with Crippen LogP contribution in [-0.4, -0.2) is 15.3 Å². The van der Waals surface area contributed by atoms with Gasteiger partial charge in [-0.2, -0.15) is 5.10 Å². The van der Waals surface area contributed by atoms with Crippen molar-refractivity contribution in [2.45, 2.75) is 79.3 Å². The van der Waals surface area contributed by atoms with Gasteiger partial charge in [-0.05, 0) is 43.9 Å². The molecule has 0 radical (unpaired) electrons. The standard InChI is InChI=1S/C17H30ClN3/c1-7-21-13(14(18)12(2)20-21)8-17(19)10-15(3,4)9-16(5,6)11-17/h7-11,19H2,1-6H3. The van der Waals surface area contributed by atoms with Crippen molar-refractivity contribution in [3.63, 3.8) is 0 Å². The Hall–Kier alpha value is -0.540. The van der Waals surface area contributed by atoms with Crippen molar-refractivity contribution in [3.8, 4) is 0 Å². The lowest BCUT2D eigenvalue weighted by molar-refractivity contribution is 0.0478. The molecule has 1 aliphatic rings. The van der Waals surface area contributed by atoms with Crippen LogP contribution in [0.15, 0.2) is 0 Å². The Bertz CT molecular complexity index is 512. The van der Waals surface area contributed by atoms with Crippen LogP contribution in [-0.2, 0) is 13.0 Å². The van der Waals surface area contributed by atoms with Gasteiger partial charge in [-0.1, -0.05) is 39.3 Å². The maximum atomic E-state index is 6.84. The van der Waals surface area contributed by atoms with E-state index in [1.807, 2.05) is 11.6 Å². The normalized spacial score (nSPS) is 23.2. The summed E-state index contributed by atoms with van der Waals surface area (Å²) < 4.78 is 2.01. The number of hydrogen-bond acceptors (Lipinski definition) is 2. The van der Waals surface area contributed by atoms with Gasteiger partial charge >= 0.3 is 0 Å². The zero-order chi connectivity index (χ0) is 16.1. The van der Waals surface area contributed by atoms with Crippen molar-refractivity contribution in [2.24, 2.45) is 16.6 Å². The molecule has 0 aromatic carbocycles. The van der Waals surface area contributed by atoms with Gasteiger partial charge in [0.1, 0.15) is 0 Å². The van der Waals surface area contributed by atoms with E-state index in [1.54, 1.807) is 0 Å². The molecule has 0 aliphatic heterocycles. The second kappa shape index (κ2) is 5.27. The molecule has 0 unspecified atom stereocenters. The quantitative estimate of drug-likeness (QED) is 0.902. The molecule has 120 valence electrons. The molecule has 0 amide bonds. The molecule has 2 N–H and O–H groups in total. The maximum absolute atomic E-state index is 6.84. The molecule has 3 nitrogen and oxygen atoms in total. The van der Waals surface area contributed by atoms with Crippen LogP contribution in [0.4, 0.5) is 0 Å². The van der Waals surface area contributed by atoms with Gasteiger partial charge in [0.05, 0.1) is 16.4 Å². The summed E-state index contributed by atoms with van der Waals surface area (Å²) in [6.07, 6.45) is 4.10. The Kier molecular flexibility index (Phi) is 4.23. The van der Waals surface area contributed by atoms with E-state index in [-0.39, 0.29) is 16.4 Å². The number of hydrogen-bond donors (Lipinski definition) is 1. The van der Waals surface area contributed by atoms with Crippen molar-refractivity contribution in [1.82, 2.24) is 9.78 Å². The molecular formula is C17H30ClN3. The first-order valence-electron chi connectivity index (χ1n) is 7.98. The summed E-state index contributed by atoms with van der Waals surface area (Å²) in [6, 6.07) is 0. The van der Waals surface area contributed by atoms with Gasteiger partial charge < -0.3 is 5.73 Å². The third kappa shape index (κ3) is 3.62. The minimum atomic E-state index is -0.200. The number of nitrogens with two attached hydrogens (primary N) is 1. The third-order valence-electron chi connectivity index (χ3n) is 4.59. The molecule has 0 atom stereocenters. The van der Waals surface area contributed by atoms with Gasteiger partial charge in [-0.15, -0.1) is 0 Å². The molecule has 4 heteroatoms. The molecule has 21 heavy (non-hydrogen) atoms. The van der Waals surface area contributed by atoms with Crippen molar-refractivity contribution in [1.29, 1.82) is 0 Å². The second-order valence-electron chi connectivity index (χ2n) is 8.56. The summed E-state index contributed by atoms with van der Waals surface area (Å²) in [5.41, 5.74) is 9.20. The maximum Gasteiger partial charge on any atom is 0.0847 e. The number of aryl methyl sites for hydroxylation is 2. The Morgan fingerprint density at radius 3 is 2.14 bits per heavy atom. The molecule has 1 heterocycles. The van der Waals surface area contributed by atoms with Crippen molar-refractivity contribution in [3.05, 3.63) is 16.4 Å². The first-order valence-corrected chi connectivity index (χ1v) is 8.35. The molecule has 1 aliphatic carbocycles. The molecule has 2 rings (SSSR count). The monoisotopic (exact) mass is 311 g/mol. The molecule has 0 saturated heterocycles. The summed E-state index contributed by atoms with van der Waals surface area (Å²) in [4.78, 5) is 0. The highest BCUT2D eigenvalue weighted by atomic mass is 35.5. The van der Waals surface area contributed by atoms with Crippen LogP contribution in [0, 0.1) is 17.8 Å². The van der Waals surface area contributed by atoms with Gasteiger partial charge in [0.2, 0.25) is 0 Å². The first-order chi connectivity index (χ1) is 9.47. The van der Waals surface area contributed by atoms with Crippen LogP contribution < -0.4 is 5.73 Å². The van der Waals surface area contributed by atoms with Gasteiger partial charge in [0.15, 0.2) is 0 Å². The zero-order valence-corrected chi connectivity index (χ0v) is 15.1. The van der Waals surface area contributed by atoms with Crippen LogP contribution in [0.25, 0.3) is 0 Å². The average molecular weight is 312 g/mol.